The molecular formula is C6H11NO3. The predicted molar refractivity (Wildman–Crippen MR) is 34.2 cm³/mol. The molecule has 2 atom stereocenters. The number of nitrogens with one attached hydrogen (secondary N) is 1. The van der Waals surface area contributed by atoms with Gasteiger partial charge in [-0.25, -0.2) is 0 Å². The highest BCUT2D eigenvalue weighted by Gasteiger charge is 2.23. The number of carbonyl (C=O) groups is 1. The number of esters is 1. The zero-order chi connectivity index (χ0) is 7.56. The second kappa shape index (κ2) is 2.98. The van der Waals surface area contributed by atoms with Gasteiger partial charge < -0.3 is 9.84 Å². The number of carbonyl (C=O) groups excluding carboxylic acids is 1. The third-order valence-corrected chi connectivity index (χ3v) is 1.38. The first-order valence-electron chi connectivity index (χ1n) is 3.27. The molecule has 58 valence electrons. The van der Waals surface area contributed by atoms with Gasteiger partial charge in [0.05, 0.1) is 6.10 Å². The van der Waals surface area contributed by atoms with Crippen molar-refractivity contribution in [2.24, 2.45) is 0 Å². The van der Waals surface area contributed by atoms with Gasteiger partial charge in [-0.1, -0.05) is 0 Å². The molecule has 0 spiro atoms. The van der Waals surface area contributed by atoms with E-state index in [0.717, 1.165) is 0 Å². The molecule has 0 aromatic heterocycles. The molecular weight excluding hydrogens is 134 g/mol. The molecule has 0 aromatic rings. The van der Waals surface area contributed by atoms with Crippen LogP contribution in [0, 0.1) is 0 Å². The Morgan fingerprint density at radius 3 is 2.90 bits per heavy atom. The highest BCUT2D eigenvalue weighted by molar-refractivity contribution is 5.66. The minimum Gasteiger partial charge on any atom is -0.447 e. The van der Waals surface area contributed by atoms with Crippen LogP contribution in [0.25, 0.3) is 0 Å². The summed E-state index contributed by atoms with van der Waals surface area (Å²) < 4.78 is 4.77. The van der Waals surface area contributed by atoms with E-state index < -0.39 is 0 Å². The maximum Gasteiger partial charge on any atom is 0.304 e. The van der Waals surface area contributed by atoms with E-state index in [1.165, 1.54) is 6.92 Å². The van der Waals surface area contributed by atoms with Crippen LogP contribution in [0.2, 0.25) is 0 Å². The van der Waals surface area contributed by atoms with Crippen LogP contribution in [0.5, 0.6) is 0 Å². The van der Waals surface area contributed by atoms with Gasteiger partial charge in [-0.05, 0) is 0 Å². The first-order chi connectivity index (χ1) is 4.68. The third kappa shape index (κ3) is 1.97. The summed E-state index contributed by atoms with van der Waals surface area (Å²) in [6.45, 7) is 1.87. The quantitative estimate of drug-likeness (QED) is 0.476. The molecule has 1 fully saturated rings. The summed E-state index contributed by atoms with van der Waals surface area (Å²) in [5.74, 6) is -0.313. The van der Waals surface area contributed by atoms with Crippen molar-refractivity contribution in [3.05, 3.63) is 0 Å². The lowest BCUT2D eigenvalue weighted by Crippen LogP contribution is -2.26. The van der Waals surface area contributed by atoms with E-state index in [9.17, 15) is 4.79 Å². The summed E-state index contributed by atoms with van der Waals surface area (Å²) in [6.07, 6.45) is -0.156. The van der Waals surface area contributed by atoms with E-state index in [1.807, 2.05) is 0 Å². The van der Waals surface area contributed by atoms with Crippen LogP contribution in [0.4, 0.5) is 0 Å². The van der Waals surface area contributed by atoms with Gasteiger partial charge >= 0.3 is 5.97 Å². The summed E-state index contributed by atoms with van der Waals surface area (Å²) in [5.41, 5.74) is 0. The maximum atomic E-state index is 10.4. The van der Waals surface area contributed by atoms with Crippen LogP contribution in [0.15, 0.2) is 0 Å². The number of β-amino-alcohol motifs (C(OH)–C–C–N with tert-alkyl or cyclic N) is 1. The molecule has 0 bridgehead atoms. The Balaban J connectivity index is 2.24. The fourth-order valence-corrected chi connectivity index (χ4v) is 0.971. The molecule has 10 heavy (non-hydrogen) atoms. The van der Waals surface area contributed by atoms with Crippen LogP contribution in [-0.4, -0.2) is 30.0 Å². The summed E-state index contributed by atoms with van der Waals surface area (Å²) in [6, 6.07) is 0. The Hall–Kier alpha value is -0.610. The van der Waals surface area contributed by atoms with Crippen molar-refractivity contribution >= 4 is 5.97 Å². The first-order valence-corrected chi connectivity index (χ1v) is 3.27. The molecule has 4 heteroatoms. The number of hydrogen-bond acceptors (Lipinski definition) is 4. The molecule has 1 aliphatic heterocycles. The molecule has 1 aliphatic rings. The lowest BCUT2D eigenvalue weighted by atomic mass is 10.3. The SMILES string of the molecule is CC(=O)O[C@@H]1C[C@@H](O)CN1. The van der Waals surface area contributed by atoms with Crippen LogP contribution < -0.4 is 5.32 Å². The van der Waals surface area contributed by atoms with E-state index in [1.54, 1.807) is 0 Å². The van der Waals surface area contributed by atoms with E-state index in [2.05, 4.69) is 5.32 Å². The van der Waals surface area contributed by atoms with Crippen molar-refractivity contribution in [2.75, 3.05) is 6.54 Å². The molecule has 0 unspecified atom stereocenters. The lowest BCUT2D eigenvalue weighted by Gasteiger charge is -2.08. The van der Waals surface area contributed by atoms with Gasteiger partial charge in [-0.3, -0.25) is 10.1 Å². The first kappa shape index (κ1) is 7.50. The number of ether oxygens (including phenoxy) is 1. The molecule has 0 amide bonds. The zero-order valence-electron chi connectivity index (χ0n) is 5.83. The monoisotopic (exact) mass is 145 g/mol. The average molecular weight is 145 g/mol. The second-order valence-corrected chi connectivity index (χ2v) is 2.40. The topological polar surface area (TPSA) is 58.6 Å². The largest absolute Gasteiger partial charge is 0.447 e. The molecule has 0 saturated carbocycles. The van der Waals surface area contributed by atoms with E-state index >= 15 is 0 Å². The Bertz CT molecular complexity index is 137. The number of aliphatic hydroxyl groups excluding tert-OH is 1. The van der Waals surface area contributed by atoms with Gasteiger partial charge in [0.1, 0.15) is 0 Å². The van der Waals surface area contributed by atoms with Crippen molar-refractivity contribution in [2.45, 2.75) is 25.7 Å². The predicted octanol–water partition coefficient (Wildman–Crippen LogP) is -0.770. The molecule has 4 nitrogen and oxygen atoms in total. The van der Waals surface area contributed by atoms with E-state index in [4.69, 9.17) is 9.84 Å². The van der Waals surface area contributed by atoms with Crippen molar-refractivity contribution < 1.29 is 14.6 Å². The summed E-state index contributed by atoms with van der Waals surface area (Å²) in [5, 5.41) is 11.8. The average Bonchev–Trinajstić information content (AvgIpc) is 2.13. The Morgan fingerprint density at radius 1 is 1.80 bits per heavy atom. The third-order valence-electron chi connectivity index (χ3n) is 1.38. The molecule has 1 heterocycles. The fraction of sp³-hybridized carbons (Fsp3) is 0.833. The van der Waals surface area contributed by atoms with Crippen LogP contribution in [-0.2, 0) is 9.53 Å². The lowest BCUT2D eigenvalue weighted by molar-refractivity contribution is -0.147. The second-order valence-electron chi connectivity index (χ2n) is 2.40. The fourth-order valence-electron chi connectivity index (χ4n) is 0.971. The number of aliphatic hydroxyl groups is 1. The van der Waals surface area contributed by atoms with Crippen LogP contribution in [0.1, 0.15) is 13.3 Å². The minimum atomic E-state index is -0.371. The summed E-state index contributed by atoms with van der Waals surface area (Å²) in [4.78, 5) is 10.4. The van der Waals surface area contributed by atoms with Gasteiger partial charge in [0.2, 0.25) is 0 Å². The highest BCUT2D eigenvalue weighted by atomic mass is 16.6. The van der Waals surface area contributed by atoms with Gasteiger partial charge in [0.25, 0.3) is 0 Å². The van der Waals surface area contributed by atoms with Crippen molar-refractivity contribution in [3.8, 4) is 0 Å². The normalized spacial score (nSPS) is 32.2. The molecule has 1 saturated heterocycles. The maximum absolute atomic E-state index is 10.4. The minimum absolute atomic E-state index is 0.285. The molecule has 2 N–H and O–H groups in total. The van der Waals surface area contributed by atoms with Crippen molar-refractivity contribution in [3.63, 3.8) is 0 Å². The van der Waals surface area contributed by atoms with Gasteiger partial charge in [-0.2, -0.15) is 0 Å². The summed E-state index contributed by atoms with van der Waals surface area (Å²) in [7, 11) is 0. The van der Waals surface area contributed by atoms with Gasteiger partial charge in [0, 0.05) is 19.9 Å². The van der Waals surface area contributed by atoms with Crippen molar-refractivity contribution in [1.29, 1.82) is 0 Å². The molecule has 1 rings (SSSR count). The number of hydrogen-bond donors (Lipinski definition) is 2. The van der Waals surface area contributed by atoms with E-state index in [0.29, 0.717) is 13.0 Å². The van der Waals surface area contributed by atoms with Crippen LogP contribution >= 0.6 is 0 Å². The molecule has 0 radical (unpaired) electrons. The molecule has 0 aromatic carbocycles. The Kier molecular flexibility index (Phi) is 2.24. The summed E-state index contributed by atoms with van der Waals surface area (Å²) >= 11 is 0. The van der Waals surface area contributed by atoms with Gasteiger partial charge in [0.15, 0.2) is 6.23 Å². The van der Waals surface area contributed by atoms with Gasteiger partial charge in [-0.15, -0.1) is 0 Å². The van der Waals surface area contributed by atoms with E-state index in [-0.39, 0.29) is 18.3 Å². The molecule has 0 aliphatic carbocycles. The Labute approximate surface area is 59.2 Å². The highest BCUT2D eigenvalue weighted by Crippen LogP contribution is 2.06. The van der Waals surface area contributed by atoms with Crippen molar-refractivity contribution in [1.82, 2.24) is 5.32 Å². The standard InChI is InChI=1S/C6H11NO3/c1-4(8)10-6-2-5(9)3-7-6/h5-7,9H,2-3H2,1H3/t5-,6-/m1/s1. The zero-order valence-corrected chi connectivity index (χ0v) is 5.83. The smallest absolute Gasteiger partial charge is 0.304 e. The number of rotatable bonds is 1. The van der Waals surface area contributed by atoms with Crippen LogP contribution in [0.3, 0.4) is 0 Å². The Morgan fingerprint density at radius 2 is 2.50 bits per heavy atom.